The van der Waals surface area contributed by atoms with Crippen LogP contribution in [0.5, 0.6) is 0 Å². The summed E-state index contributed by atoms with van der Waals surface area (Å²) in [5.41, 5.74) is 20.9. The molecule has 0 aliphatic rings. The van der Waals surface area contributed by atoms with Gasteiger partial charge in [-0.25, -0.2) is 0 Å². The van der Waals surface area contributed by atoms with E-state index in [4.69, 9.17) is 0 Å². The van der Waals surface area contributed by atoms with Gasteiger partial charge in [-0.15, -0.1) is 0 Å². The summed E-state index contributed by atoms with van der Waals surface area (Å²) in [6.07, 6.45) is 0. The summed E-state index contributed by atoms with van der Waals surface area (Å²) in [4.78, 5) is 2.43. The van der Waals surface area contributed by atoms with Crippen molar-refractivity contribution in [1.29, 1.82) is 0 Å². The summed E-state index contributed by atoms with van der Waals surface area (Å²) in [5.74, 6) is 0. The van der Waals surface area contributed by atoms with Gasteiger partial charge in [-0.2, -0.15) is 0 Å². The number of benzene rings is 11. The molecule has 0 bridgehead atoms. The van der Waals surface area contributed by atoms with Gasteiger partial charge in [0.15, 0.2) is 0 Å². The summed E-state index contributed by atoms with van der Waals surface area (Å²) in [6.45, 7) is 0. The maximum Gasteiger partial charge on any atom is 0.0547 e. The molecule has 0 unspecified atom stereocenters. The second-order valence-electron chi connectivity index (χ2n) is 17.3. The van der Waals surface area contributed by atoms with Crippen molar-refractivity contribution in [2.24, 2.45) is 0 Å². The molecule has 0 fully saturated rings. The number of aromatic nitrogens is 1. The number of hydrogen-bond acceptors (Lipinski definition) is 1. The van der Waals surface area contributed by atoms with Crippen LogP contribution < -0.4 is 4.90 Å². The summed E-state index contributed by atoms with van der Waals surface area (Å²) in [6, 6.07) is 101. The zero-order valence-electron chi connectivity index (χ0n) is 37.5. The molecular formula is C66H46N2. The van der Waals surface area contributed by atoms with Crippen LogP contribution in [0.25, 0.3) is 94.3 Å². The Labute approximate surface area is 397 Å². The van der Waals surface area contributed by atoms with Crippen molar-refractivity contribution in [1.82, 2.24) is 4.57 Å². The highest BCUT2D eigenvalue weighted by molar-refractivity contribution is 6.10. The van der Waals surface area contributed by atoms with Gasteiger partial charge in [0.2, 0.25) is 0 Å². The molecule has 1 heterocycles. The average molecular weight is 867 g/mol. The standard InChI is InChI=1S/C66H46N2/c1-4-20-47(21-5-1)50-24-18-25-51(44-50)48-38-41-55(42-39-48)67(64-36-16-14-34-61(64)60-33-13-12-32-59(60)58-31-11-10-30-57(58)49-22-6-2-7-23-49)56-29-19-26-52(45-56)53-40-43-63-62-35-15-17-37-65(62)68(66(63)46-53)54-27-8-3-9-28-54/h1-46H. The summed E-state index contributed by atoms with van der Waals surface area (Å²) < 4.78 is 2.39. The van der Waals surface area contributed by atoms with E-state index in [2.05, 4.69) is 289 Å². The van der Waals surface area contributed by atoms with Crippen molar-refractivity contribution in [3.63, 3.8) is 0 Å². The number of hydrogen-bond donors (Lipinski definition) is 0. The molecule has 0 amide bonds. The molecule has 12 aromatic rings. The van der Waals surface area contributed by atoms with E-state index in [1.54, 1.807) is 0 Å². The van der Waals surface area contributed by atoms with E-state index in [-0.39, 0.29) is 0 Å². The summed E-state index contributed by atoms with van der Waals surface area (Å²) in [7, 11) is 0. The molecule has 0 saturated carbocycles. The largest absolute Gasteiger partial charge is 0.310 e. The van der Waals surface area contributed by atoms with Gasteiger partial charge in [-0.1, -0.05) is 218 Å². The van der Waals surface area contributed by atoms with Gasteiger partial charge in [-0.3, -0.25) is 0 Å². The quantitative estimate of drug-likeness (QED) is 0.133. The number of fused-ring (bicyclic) bond motifs is 3. The normalized spacial score (nSPS) is 11.2. The lowest BCUT2D eigenvalue weighted by molar-refractivity contribution is 1.18. The fourth-order valence-electron chi connectivity index (χ4n) is 10.0. The van der Waals surface area contributed by atoms with E-state index in [1.807, 2.05) is 0 Å². The van der Waals surface area contributed by atoms with E-state index in [9.17, 15) is 0 Å². The Hall–Kier alpha value is -8.98. The van der Waals surface area contributed by atoms with Crippen molar-refractivity contribution in [3.8, 4) is 72.4 Å². The molecular weight excluding hydrogens is 821 g/mol. The number of rotatable bonds is 10. The van der Waals surface area contributed by atoms with Crippen LogP contribution in [0.15, 0.2) is 279 Å². The van der Waals surface area contributed by atoms with Crippen LogP contribution >= 0.6 is 0 Å². The van der Waals surface area contributed by atoms with Gasteiger partial charge in [0.25, 0.3) is 0 Å². The van der Waals surface area contributed by atoms with Crippen molar-refractivity contribution >= 4 is 38.9 Å². The fourth-order valence-corrected chi connectivity index (χ4v) is 10.0. The Morgan fingerprint density at radius 3 is 1.40 bits per heavy atom. The summed E-state index contributed by atoms with van der Waals surface area (Å²) in [5, 5.41) is 2.48. The third-order valence-corrected chi connectivity index (χ3v) is 13.2. The van der Waals surface area contributed by atoms with E-state index in [0.29, 0.717) is 0 Å². The first kappa shape index (κ1) is 40.5. The molecule has 11 aromatic carbocycles. The van der Waals surface area contributed by atoms with Crippen molar-refractivity contribution < 1.29 is 0 Å². The number of anilines is 3. The Morgan fingerprint density at radius 1 is 0.235 bits per heavy atom. The van der Waals surface area contributed by atoms with E-state index in [1.165, 1.54) is 71.9 Å². The summed E-state index contributed by atoms with van der Waals surface area (Å²) >= 11 is 0. The van der Waals surface area contributed by atoms with E-state index in [0.717, 1.165) is 39.4 Å². The minimum atomic E-state index is 1.07. The van der Waals surface area contributed by atoms with Gasteiger partial charge < -0.3 is 9.47 Å². The first-order valence-electron chi connectivity index (χ1n) is 23.3. The highest BCUT2D eigenvalue weighted by atomic mass is 15.1. The monoisotopic (exact) mass is 866 g/mol. The molecule has 320 valence electrons. The molecule has 0 spiro atoms. The number of nitrogens with zero attached hydrogens (tertiary/aromatic N) is 2. The van der Waals surface area contributed by atoms with Gasteiger partial charge in [0, 0.05) is 33.4 Å². The predicted octanol–water partition coefficient (Wildman–Crippen LogP) is 18.3. The highest BCUT2D eigenvalue weighted by Crippen LogP contribution is 2.46. The van der Waals surface area contributed by atoms with Crippen LogP contribution in [0.1, 0.15) is 0 Å². The average Bonchev–Trinajstić information content (AvgIpc) is 3.76. The maximum absolute atomic E-state index is 2.43. The minimum absolute atomic E-state index is 1.07. The predicted molar refractivity (Wildman–Crippen MR) is 288 cm³/mol. The van der Waals surface area contributed by atoms with Gasteiger partial charge in [0.1, 0.15) is 0 Å². The van der Waals surface area contributed by atoms with E-state index < -0.39 is 0 Å². The van der Waals surface area contributed by atoms with Crippen LogP contribution in [-0.2, 0) is 0 Å². The first-order chi connectivity index (χ1) is 33.7. The molecule has 0 aliphatic carbocycles. The molecule has 0 saturated heterocycles. The Bertz CT molecular complexity index is 3720. The van der Waals surface area contributed by atoms with Gasteiger partial charge in [-0.05, 0) is 122 Å². The minimum Gasteiger partial charge on any atom is -0.310 e. The second-order valence-corrected chi connectivity index (χ2v) is 17.3. The molecule has 1 aromatic heterocycles. The molecule has 2 nitrogen and oxygen atoms in total. The molecule has 2 heteroatoms. The van der Waals surface area contributed by atoms with Crippen molar-refractivity contribution in [2.75, 3.05) is 4.90 Å². The smallest absolute Gasteiger partial charge is 0.0547 e. The Balaban J connectivity index is 1.02. The lowest BCUT2D eigenvalue weighted by atomic mass is 9.88. The number of para-hydroxylation sites is 3. The van der Waals surface area contributed by atoms with Gasteiger partial charge >= 0.3 is 0 Å². The van der Waals surface area contributed by atoms with Crippen LogP contribution in [0.4, 0.5) is 17.1 Å². The molecule has 0 aliphatic heterocycles. The second kappa shape index (κ2) is 17.8. The van der Waals surface area contributed by atoms with Crippen molar-refractivity contribution in [2.45, 2.75) is 0 Å². The lowest BCUT2D eigenvalue weighted by Crippen LogP contribution is -2.11. The topological polar surface area (TPSA) is 8.17 Å². The SMILES string of the molecule is c1ccc(-c2cccc(-c3ccc(N(c4cccc(-c5ccc6c7ccccc7n(-c7ccccc7)c6c5)c4)c4ccccc4-c4ccccc4-c4ccccc4-c4ccccc4)cc3)c2)cc1. The van der Waals surface area contributed by atoms with E-state index >= 15 is 0 Å². The zero-order chi connectivity index (χ0) is 45.2. The van der Waals surface area contributed by atoms with Crippen LogP contribution in [0, 0.1) is 0 Å². The zero-order valence-corrected chi connectivity index (χ0v) is 37.5. The van der Waals surface area contributed by atoms with Gasteiger partial charge in [0.05, 0.1) is 16.7 Å². The van der Waals surface area contributed by atoms with Crippen LogP contribution in [0.3, 0.4) is 0 Å². The fraction of sp³-hybridized carbons (Fsp3) is 0. The van der Waals surface area contributed by atoms with Crippen LogP contribution in [-0.4, -0.2) is 4.57 Å². The lowest BCUT2D eigenvalue weighted by Gasteiger charge is -2.29. The highest BCUT2D eigenvalue weighted by Gasteiger charge is 2.21. The third-order valence-electron chi connectivity index (χ3n) is 13.2. The van der Waals surface area contributed by atoms with Crippen LogP contribution in [0.2, 0.25) is 0 Å². The van der Waals surface area contributed by atoms with Crippen molar-refractivity contribution in [3.05, 3.63) is 279 Å². The molecule has 68 heavy (non-hydrogen) atoms. The Morgan fingerprint density at radius 2 is 0.691 bits per heavy atom. The third kappa shape index (κ3) is 7.54. The maximum atomic E-state index is 2.43. The molecule has 0 radical (unpaired) electrons. The molecule has 0 N–H and O–H groups in total. The first-order valence-corrected chi connectivity index (χ1v) is 23.3. The molecule has 0 atom stereocenters. The molecule has 12 rings (SSSR count). The Kier molecular flexibility index (Phi) is 10.6.